The summed E-state index contributed by atoms with van der Waals surface area (Å²) in [5.41, 5.74) is 2.78. The van der Waals surface area contributed by atoms with Crippen molar-refractivity contribution in [2.45, 2.75) is 32.6 Å². The summed E-state index contributed by atoms with van der Waals surface area (Å²) in [6.07, 6.45) is 2.05. The maximum atomic E-state index is 11.2. The van der Waals surface area contributed by atoms with Crippen LogP contribution in [0.4, 0.5) is 16.0 Å². The zero-order valence-electron chi connectivity index (χ0n) is 15.4. The van der Waals surface area contributed by atoms with Crippen LogP contribution in [0, 0.1) is 6.92 Å². The van der Waals surface area contributed by atoms with Crippen LogP contribution in [0.15, 0.2) is 34.5 Å². The van der Waals surface area contributed by atoms with Gasteiger partial charge >= 0.3 is 0 Å². The molecule has 2 N–H and O–H groups in total. The molecule has 0 bridgehead atoms. The molecule has 2 heterocycles. The van der Waals surface area contributed by atoms with E-state index in [0.29, 0.717) is 5.13 Å². The molecule has 0 atom stereocenters. The van der Waals surface area contributed by atoms with Gasteiger partial charge in [0.15, 0.2) is 10.3 Å². The Morgan fingerprint density at radius 1 is 1.15 bits per heavy atom. The Balaban J connectivity index is 0.00000117. The molecule has 0 aliphatic carbocycles. The molecule has 138 valence electrons. The number of nitrogens with one attached hydrogen (secondary N) is 2. The van der Waals surface area contributed by atoms with Gasteiger partial charge in [0.1, 0.15) is 0 Å². The molecule has 5 nitrogen and oxygen atoms in total. The molecule has 0 fully saturated rings. The minimum Gasteiger partial charge on any atom is -0.331 e. The van der Waals surface area contributed by atoms with E-state index in [0.717, 1.165) is 27.1 Å². The molecule has 0 unspecified atom stereocenters. The van der Waals surface area contributed by atoms with Gasteiger partial charge in [0.05, 0.1) is 22.0 Å². The molecule has 1 amide bonds. The summed E-state index contributed by atoms with van der Waals surface area (Å²) >= 11 is 4.68. The maximum Gasteiger partial charge on any atom is 0.223 e. The molecule has 0 aliphatic heterocycles. The zero-order valence-corrected chi connectivity index (χ0v) is 17.9. The third-order valence-corrected chi connectivity index (χ3v) is 5.81. The van der Waals surface area contributed by atoms with Gasteiger partial charge in [-0.1, -0.05) is 37.3 Å². The van der Waals surface area contributed by atoms with Crippen molar-refractivity contribution in [3.8, 4) is 10.6 Å². The van der Waals surface area contributed by atoms with Crippen LogP contribution in [0.3, 0.4) is 0 Å². The van der Waals surface area contributed by atoms with Gasteiger partial charge in [-0.25, -0.2) is 9.97 Å². The Labute approximate surface area is 166 Å². The number of thiazole rings is 2. The first-order chi connectivity index (χ1) is 12.6. The van der Waals surface area contributed by atoms with Crippen LogP contribution in [-0.2, 0) is 4.79 Å². The van der Waals surface area contributed by atoms with Gasteiger partial charge in [0.2, 0.25) is 5.91 Å². The number of thioether (sulfide) groups is 1. The number of rotatable bonds is 5. The van der Waals surface area contributed by atoms with Crippen LogP contribution in [0.5, 0.6) is 0 Å². The van der Waals surface area contributed by atoms with E-state index >= 15 is 0 Å². The monoisotopic (exact) mass is 406 g/mol. The van der Waals surface area contributed by atoms with Gasteiger partial charge in [-0.2, -0.15) is 0 Å². The Kier molecular flexibility index (Phi) is 7.62. The van der Waals surface area contributed by atoms with Crippen LogP contribution in [0.1, 0.15) is 26.5 Å². The lowest BCUT2D eigenvalue weighted by Gasteiger charge is -2.07. The first kappa shape index (κ1) is 20.4. The fourth-order valence-corrected chi connectivity index (χ4v) is 4.45. The lowest BCUT2D eigenvalue weighted by Crippen LogP contribution is -2.04. The molecule has 0 aliphatic rings. The van der Waals surface area contributed by atoms with Crippen molar-refractivity contribution in [1.29, 1.82) is 0 Å². The fourth-order valence-electron chi connectivity index (χ4n) is 2.14. The summed E-state index contributed by atoms with van der Waals surface area (Å²) in [4.78, 5) is 22.4. The highest BCUT2D eigenvalue weighted by atomic mass is 32.2. The molecular weight excluding hydrogens is 384 g/mol. The van der Waals surface area contributed by atoms with Crippen LogP contribution in [0.2, 0.25) is 0 Å². The lowest BCUT2D eigenvalue weighted by molar-refractivity contribution is -0.114. The van der Waals surface area contributed by atoms with E-state index in [9.17, 15) is 4.79 Å². The number of para-hydroxylation sites is 1. The highest BCUT2D eigenvalue weighted by Crippen LogP contribution is 2.36. The summed E-state index contributed by atoms with van der Waals surface area (Å²) in [6.45, 7) is 7.40. The molecule has 0 saturated carbocycles. The number of nitrogens with zero attached hydrogens (tertiary/aromatic N) is 2. The summed E-state index contributed by atoms with van der Waals surface area (Å²) in [5.74, 6) is -0.121. The number of anilines is 3. The summed E-state index contributed by atoms with van der Waals surface area (Å²) in [6, 6.07) is 8.15. The van der Waals surface area contributed by atoms with E-state index in [1.165, 1.54) is 23.2 Å². The van der Waals surface area contributed by atoms with E-state index < -0.39 is 0 Å². The second-order valence-corrected chi connectivity index (χ2v) is 7.68. The molecule has 3 aromatic rings. The average molecular weight is 407 g/mol. The van der Waals surface area contributed by atoms with Crippen molar-refractivity contribution in [2.24, 2.45) is 0 Å². The summed E-state index contributed by atoms with van der Waals surface area (Å²) < 4.78 is 0. The number of amides is 1. The number of benzene rings is 1. The fraction of sp³-hybridized carbons (Fsp3) is 0.278. The minimum atomic E-state index is -0.121. The number of carbonyl (C=O) groups excluding carboxylic acids is 1. The average Bonchev–Trinajstić information content (AvgIpc) is 3.23. The van der Waals surface area contributed by atoms with Gasteiger partial charge in [0, 0.05) is 17.2 Å². The second-order valence-electron chi connectivity index (χ2n) is 4.98. The van der Waals surface area contributed by atoms with E-state index in [4.69, 9.17) is 0 Å². The Morgan fingerprint density at radius 2 is 1.88 bits per heavy atom. The van der Waals surface area contributed by atoms with Gasteiger partial charge < -0.3 is 10.6 Å². The highest BCUT2D eigenvalue weighted by Gasteiger charge is 2.14. The molecular formula is C18H22N4OS3. The zero-order chi connectivity index (χ0) is 19.1. The van der Waals surface area contributed by atoms with Gasteiger partial charge in [-0.3, -0.25) is 4.79 Å². The third-order valence-electron chi connectivity index (χ3n) is 3.16. The topological polar surface area (TPSA) is 66.9 Å². The SMILES string of the molecule is CC.CSc1ccccc1Nc1nc(-c2sc(NC(C)=O)nc2C)cs1. The number of aryl methyl sites for hydroxylation is 1. The number of carbonyl (C=O) groups is 1. The largest absolute Gasteiger partial charge is 0.331 e. The van der Waals surface area contributed by atoms with Crippen molar-refractivity contribution >= 4 is 56.3 Å². The predicted molar refractivity (Wildman–Crippen MR) is 115 cm³/mol. The number of hydrogen-bond donors (Lipinski definition) is 2. The normalized spacial score (nSPS) is 10.0. The summed E-state index contributed by atoms with van der Waals surface area (Å²) in [7, 11) is 0. The molecule has 2 aromatic heterocycles. The smallest absolute Gasteiger partial charge is 0.223 e. The van der Waals surface area contributed by atoms with Crippen molar-refractivity contribution in [2.75, 3.05) is 16.9 Å². The molecule has 1 aromatic carbocycles. The van der Waals surface area contributed by atoms with E-state index in [1.807, 2.05) is 44.4 Å². The van der Waals surface area contributed by atoms with Crippen molar-refractivity contribution < 1.29 is 4.79 Å². The van der Waals surface area contributed by atoms with Crippen LogP contribution < -0.4 is 10.6 Å². The van der Waals surface area contributed by atoms with Crippen molar-refractivity contribution in [1.82, 2.24) is 9.97 Å². The van der Waals surface area contributed by atoms with Crippen molar-refractivity contribution in [3.05, 3.63) is 35.3 Å². The lowest BCUT2D eigenvalue weighted by atomic mass is 10.3. The standard InChI is InChI=1S/C16H16N4OS3.C2H6/c1-9-14(24-16(17-9)18-10(2)21)12-8-23-15(20-12)19-11-6-4-5-7-13(11)22-3;1-2/h4-8H,1-3H3,(H,19,20)(H,17,18,21);1-2H3. The Hall–Kier alpha value is -1.90. The predicted octanol–water partition coefficient (Wildman–Crippen LogP) is 6.03. The molecule has 3 rings (SSSR count). The molecule has 8 heteroatoms. The Morgan fingerprint density at radius 3 is 2.58 bits per heavy atom. The van der Waals surface area contributed by atoms with Crippen LogP contribution in [-0.4, -0.2) is 22.1 Å². The van der Waals surface area contributed by atoms with E-state index in [2.05, 4.69) is 32.9 Å². The Bertz CT molecular complexity index is 873. The first-order valence-corrected chi connectivity index (χ1v) is 11.1. The maximum absolute atomic E-state index is 11.2. The summed E-state index contributed by atoms with van der Waals surface area (Å²) in [5, 5.41) is 9.53. The van der Waals surface area contributed by atoms with Gasteiger partial charge in [-0.05, 0) is 25.3 Å². The molecule has 0 saturated heterocycles. The van der Waals surface area contributed by atoms with E-state index in [-0.39, 0.29) is 5.91 Å². The quantitative estimate of drug-likeness (QED) is 0.507. The third kappa shape index (κ3) is 5.06. The minimum absolute atomic E-state index is 0.121. The van der Waals surface area contributed by atoms with Crippen LogP contribution in [0.25, 0.3) is 10.6 Å². The van der Waals surface area contributed by atoms with Gasteiger partial charge in [-0.15, -0.1) is 23.1 Å². The van der Waals surface area contributed by atoms with Gasteiger partial charge in [0.25, 0.3) is 0 Å². The number of aromatic nitrogens is 2. The molecule has 0 radical (unpaired) electrons. The molecule has 26 heavy (non-hydrogen) atoms. The van der Waals surface area contributed by atoms with Crippen LogP contribution >= 0.6 is 34.4 Å². The molecule has 0 spiro atoms. The first-order valence-electron chi connectivity index (χ1n) is 8.18. The highest BCUT2D eigenvalue weighted by molar-refractivity contribution is 7.98. The van der Waals surface area contributed by atoms with E-state index in [1.54, 1.807) is 23.1 Å². The second kappa shape index (κ2) is 9.70. The van der Waals surface area contributed by atoms with Crippen molar-refractivity contribution in [3.63, 3.8) is 0 Å². The number of hydrogen-bond acceptors (Lipinski definition) is 7.